The monoisotopic (exact) mass is 462 g/mol. The zero-order valence-electron chi connectivity index (χ0n) is 14.8. The number of carbonyl (C=O) groups is 1. The van der Waals surface area contributed by atoms with Gasteiger partial charge in [0, 0.05) is 25.8 Å². The van der Waals surface area contributed by atoms with E-state index < -0.39 is 0 Å². The van der Waals surface area contributed by atoms with Crippen molar-refractivity contribution in [3.8, 4) is 5.75 Å². The molecule has 1 N–H and O–H groups in total. The molecule has 0 unspecified atom stereocenters. The van der Waals surface area contributed by atoms with Crippen LogP contribution >= 0.6 is 24.0 Å². The molecule has 1 fully saturated rings. The third kappa shape index (κ3) is 7.05. The van der Waals surface area contributed by atoms with Crippen LogP contribution in [-0.2, 0) is 9.53 Å². The number of aromatic nitrogens is 1. The fourth-order valence-corrected chi connectivity index (χ4v) is 2.67. The number of rotatable bonds is 6. The number of nitrogens with zero attached hydrogens (tertiary/aromatic N) is 3. The number of guanidine groups is 1. The summed E-state index contributed by atoms with van der Waals surface area (Å²) < 4.78 is 10.4. The second kappa shape index (κ2) is 11.9. The van der Waals surface area contributed by atoms with Crippen molar-refractivity contribution in [3.05, 3.63) is 24.5 Å². The van der Waals surface area contributed by atoms with Gasteiger partial charge in [-0.05, 0) is 31.9 Å². The van der Waals surface area contributed by atoms with Crippen molar-refractivity contribution < 1.29 is 14.3 Å². The Morgan fingerprint density at radius 1 is 1.44 bits per heavy atom. The number of hydrogen-bond donors (Lipinski definition) is 1. The van der Waals surface area contributed by atoms with Crippen LogP contribution < -0.4 is 10.1 Å². The molecule has 0 spiro atoms. The number of nitrogens with one attached hydrogen (secondary N) is 1. The lowest BCUT2D eigenvalue weighted by molar-refractivity contribution is -0.146. The smallest absolute Gasteiger partial charge is 0.308 e. The predicted octanol–water partition coefficient (Wildman–Crippen LogP) is 1.93. The Kier molecular flexibility index (Phi) is 10.2. The van der Waals surface area contributed by atoms with Gasteiger partial charge in [-0.15, -0.1) is 24.0 Å². The summed E-state index contributed by atoms with van der Waals surface area (Å²) in [6.07, 6.45) is 4.99. The van der Waals surface area contributed by atoms with Crippen LogP contribution in [0.5, 0.6) is 5.75 Å². The summed E-state index contributed by atoms with van der Waals surface area (Å²) >= 11 is 0. The van der Waals surface area contributed by atoms with E-state index >= 15 is 0 Å². The van der Waals surface area contributed by atoms with Crippen LogP contribution in [0.25, 0.3) is 0 Å². The molecule has 0 aliphatic carbocycles. The first-order chi connectivity index (χ1) is 11.7. The van der Waals surface area contributed by atoms with Crippen molar-refractivity contribution in [2.75, 3.05) is 39.9 Å². The Balaban J connectivity index is 0.00000312. The average Bonchev–Trinajstić information content (AvgIpc) is 2.64. The molecule has 140 valence electrons. The number of hydrogen-bond acceptors (Lipinski definition) is 5. The minimum atomic E-state index is -0.110. The number of pyridine rings is 1. The molecule has 1 saturated heterocycles. The van der Waals surface area contributed by atoms with Gasteiger partial charge in [-0.25, -0.2) is 4.99 Å². The van der Waals surface area contributed by atoms with Gasteiger partial charge in [0.15, 0.2) is 5.96 Å². The van der Waals surface area contributed by atoms with Crippen LogP contribution in [0.2, 0.25) is 0 Å². The number of piperidine rings is 1. The number of likely N-dealkylation sites (tertiary alicyclic amines) is 1. The number of esters is 1. The van der Waals surface area contributed by atoms with E-state index in [9.17, 15) is 4.79 Å². The van der Waals surface area contributed by atoms with Gasteiger partial charge in [0.2, 0.25) is 0 Å². The Labute approximate surface area is 166 Å². The topological polar surface area (TPSA) is 76.1 Å². The van der Waals surface area contributed by atoms with Crippen molar-refractivity contribution in [1.29, 1.82) is 0 Å². The summed E-state index contributed by atoms with van der Waals surface area (Å²) in [4.78, 5) is 22.4. The molecule has 0 radical (unpaired) electrons. The third-order valence-corrected chi connectivity index (χ3v) is 3.92. The van der Waals surface area contributed by atoms with E-state index in [2.05, 4.69) is 20.2 Å². The largest absolute Gasteiger partial charge is 0.490 e. The highest BCUT2D eigenvalue weighted by molar-refractivity contribution is 14.0. The zero-order chi connectivity index (χ0) is 17.2. The molecule has 1 aromatic heterocycles. The van der Waals surface area contributed by atoms with Gasteiger partial charge in [0.1, 0.15) is 12.4 Å². The molecule has 0 saturated carbocycles. The molecule has 7 nitrogen and oxygen atoms in total. The van der Waals surface area contributed by atoms with Gasteiger partial charge < -0.3 is 19.7 Å². The van der Waals surface area contributed by atoms with Gasteiger partial charge in [-0.2, -0.15) is 0 Å². The van der Waals surface area contributed by atoms with E-state index in [4.69, 9.17) is 9.47 Å². The Morgan fingerprint density at radius 3 is 2.80 bits per heavy atom. The van der Waals surface area contributed by atoms with Crippen LogP contribution in [0.3, 0.4) is 0 Å². The molecule has 1 aliphatic rings. The van der Waals surface area contributed by atoms with Gasteiger partial charge in [0.25, 0.3) is 0 Å². The molecule has 0 bridgehead atoms. The highest BCUT2D eigenvalue weighted by Crippen LogP contribution is 2.18. The van der Waals surface area contributed by atoms with Crippen molar-refractivity contribution >= 4 is 35.9 Å². The molecular weight excluding hydrogens is 435 g/mol. The molecule has 1 aromatic rings. The van der Waals surface area contributed by atoms with E-state index in [1.54, 1.807) is 12.4 Å². The lowest BCUT2D eigenvalue weighted by Gasteiger charge is -2.33. The number of ether oxygens (including phenoxy) is 2. The number of halogens is 1. The third-order valence-electron chi connectivity index (χ3n) is 3.92. The second-order valence-corrected chi connectivity index (χ2v) is 5.56. The van der Waals surface area contributed by atoms with Gasteiger partial charge in [0.05, 0.1) is 25.8 Å². The highest BCUT2D eigenvalue weighted by atomic mass is 127. The summed E-state index contributed by atoms with van der Waals surface area (Å²) in [5, 5.41) is 3.30. The van der Waals surface area contributed by atoms with Crippen LogP contribution in [-0.4, -0.2) is 61.7 Å². The molecule has 25 heavy (non-hydrogen) atoms. The zero-order valence-corrected chi connectivity index (χ0v) is 17.1. The fraction of sp³-hybridized carbons (Fsp3) is 0.588. The van der Waals surface area contributed by atoms with E-state index in [1.165, 1.54) is 7.11 Å². The first-order valence-electron chi connectivity index (χ1n) is 8.38. The lowest BCUT2D eigenvalue weighted by Crippen LogP contribution is -2.46. The van der Waals surface area contributed by atoms with Crippen LogP contribution in [0, 0.1) is 5.92 Å². The normalized spacial score (nSPS) is 15.3. The first-order valence-corrected chi connectivity index (χ1v) is 8.38. The Hall–Kier alpha value is -1.58. The van der Waals surface area contributed by atoms with Crippen molar-refractivity contribution in [2.45, 2.75) is 19.8 Å². The standard InChI is InChI=1S/C17H26N4O3.HI/c1-3-19-17(20-9-12-24-15-5-4-8-18-13-15)21-10-6-14(7-11-21)16(22)23-2;/h4-5,8,13-14H,3,6-7,9-12H2,1-2H3,(H,19,20);1H. The van der Waals surface area contributed by atoms with Crippen molar-refractivity contribution in [2.24, 2.45) is 10.9 Å². The summed E-state index contributed by atoms with van der Waals surface area (Å²) in [5.41, 5.74) is 0. The van der Waals surface area contributed by atoms with Crippen molar-refractivity contribution in [3.63, 3.8) is 0 Å². The first kappa shape index (κ1) is 21.5. The van der Waals surface area contributed by atoms with E-state index in [0.29, 0.717) is 13.2 Å². The maximum atomic E-state index is 11.6. The van der Waals surface area contributed by atoms with Gasteiger partial charge in [-0.1, -0.05) is 0 Å². The van der Waals surface area contributed by atoms with Crippen LogP contribution in [0.1, 0.15) is 19.8 Å². The van der Waals surface area contributed by atoms with Crippen LogP contribution in [0.15, 0.2) is 29.5 Å². The molecule has 8 heteroatoms. The number of methoxy groups -OCH3 is 1. The lowest BCUT2D eigenvalue weighted by atomic mass is 9.97. The summed E-state index contributed by atoms with van der Waals surface area (Å²) in [6, 6.07) is 3.72. The average molecular weight is 462 g/mol. The van der Waals surface area contributed by atoms with E-state index in [-0.39, 0.29) is 35.9 Å². The van der Waals surface area contributed by atoms with Crippen LogP contribution in [0.4, 0.5) is 0 Å². The maximum absolute atomic E-state index is 11.6. The maximum Gasteiger partial charge on any atom is 0.308 e. The van der Waals surface area contributed by atoms with Gasteiger partial charge >= 0.3 is 5.97 Å². The van der Waals surface area contributed by atoms with E-state index in [0.717, 1.165) is 44.2 Å². The summed E-state index contributed by atoms with van der Waals surface area (Å²) in [6.45, 7) is 5.51. The predicted molar refractivity (Wildman–Crippen MR) is 107 cm³/mol. The second-order valence-electron chi connectivity index (χ2n) is 5.56. The van der Waals surface area contributed by atoms with Gasteiger partial charge in [-0.3, -0.25) is 9.78 Å². The fourth-order valence-electron chi connectivity index (χ4n) is 2.67. The molecule has 1 aliphatic heterocycles. The number of aliphatic imine (C=N–C) groups is 1. The van der Waals surface area contributed by atoms with E-state index in [1.807, 2.05) is 19.1 Å². The quantitative estimate of drug-likeness (QED) is 0.229. The Bertz CT molecular complexity index is 534. The number of carbonyl (C=O) groups excluding carboxylic acids is 1. The Morgan fingerprint density at radius 2 is 2.20 bits per heavy atom. The highest BCUT2D eigenvalue weighted by Gasteiger charge is 2.26. The summed E-state index contributed by atoms with van der Waals surface area (Å²) in [7, 11) is 1.45. The summed E-state index contributed by atoms with van der Waals surface area (Å²) in [5.74, 6) is 1.51. The minimum Gasteiger partial charge on any atom is -0.490 e. The molecular formula is C17H27IN4O3. The molecule has 0 amide bonds. The van der Waals surface area contributed by atoms with Crippen molar-refractivity contribution in [1.82, 2.24) is 15.2 Å². The molecule has 0 aromatic carbocycles. The molecule has 2 rings (SSSR count). The minimum absolute atomic E-state index is 0. The SMILES string of the molecule is CCNC(=NCCOc1cccnc1)N1CCC(C(=O)OC)CC1.I. The molecule has 2 heterocycles. The molecule has 0 atom stereocenters.